The third-order valence-electron chi connectivity index (χ3n) is 4.69. The number of anilines is 1. The minimum Gasteiger partial charge on any atom is -0.492 e. The molecular weight excluding hydrogens is 378 g/mol. The number of pyridine rings is 1. The molecule has 5 heteroatoms. The van der Waals surface area contributed by atoms with Gasteiger partial charge >= 0.3 is 0 Å². The van der Waals surface area contributed by atoms with E-state index in [1.165, 1.54) is 18.4 Å². The maximum Gasteiger partial charge on any atom is 0.128 e. The van der Waals surface area contributed by atoms with Crippen LogP contribution in [-0.2, 0) is 0 Å². The molecule has 4 nitrogen and oxygen atoms in total. The molecule has 1 saturated heterocycles. The minimum absolute atomic E-state index is 0.627. The van der Waals surface area contributed by atoms with Crippen molar-refractivity contribution in [2.75, 3.05) is 45.2 Å². The summed E-state index contributed by atoms with van der Waals surface area (Å²) in [6.07, 6.45) is 4.20. The summed E-state index contributed by atoms with van der Waals surface area (Å²) in [5.74, 6) is 2.66. The zero-order chi connectivity index (χ0) is 17.6. The van der Waals surface area contributed by atoms with Crippen LogP contribution in [0.1, 0.15) is 24.3 Å². The Bertz CT molecular complexity index is 650. The summed E-state index contributed by atoms with van der Waals surface area (Å²) in [4.78, 5) is 9.02. The monoisotopic (exact) mass is 403 g/mol. The lowest BCUT2D eigenvalue weighted by Crippen LogP contribution is -2.33. The topological polar surface area (TPSA) is 28.6 Å². The molecule has 0 amide bonds. The van der Waals surface area contributed by atoms with Gasteiger partial charge in [-0.2, -0.15) is 0 Å². The quantitative estimate of drug-likeness (QED) is 0.723. The van der Waals surface area contributed by atoms with Crippen molar-refractivity contribution in [3.8, 4) is 5.75 Å². The number of rotatable bonds is 6. The number of ether oxygens (including phenoxy) is 1. The highest BCUT2D eigenvalue weighted by Gasteiger charge is 2.21. The Kier molecular flexibility index (Phi) is 6.32. The molecule has 0 unspecified atom stereocenters. The fourth-order valence-corrected chi connectivity index (χ4v) is 3.41. The van der Waals surface area contributed by atoms with Gasteiger partial charge in [-0.1, -0.05) is 12.1 Å². The Morgan fingerprint density at radius 2 is 1.84 bits per heavy atom. The average molecular weight is 404 g/mol. The predicted octanol–water partition coefficient (Wildman–Crippen LogP) is 4.17. The summed E-state index contributed by atoms with van der Waals surface area (Å²) in [6, 6.07) is 12.8. The maximum absolute atomic E-state index is 5.78. The van der Waals surface area contributed by atoms with Gasteiger partial charge in [-0.05, 0) is 78.6 Å². The summed E-state index contributed by atoms with van der Waals surface area (Å²) in [5, 5.41) is 0. The SMILES string of the molecule is CN(C)CCOc1ccc(C2CCN(c3ccc(Br)cn3)CC2)cc1. The maximum atomic E-state index is 5.78. The first-order valence-electron chi connectivity index (χ1n) is 8.86. The molecule has 0 saturated carbocycles. The average Bonchev–Trinajstić information content (AvgIpc) is 2.63. The van der Waals surface area contributed by atoms with E-state index >= 15 is 0 Å². The molecule has 2 aromatic rings. The number of hydrogen-bond donors (Lipinski definition) is 0. The van der Waals surface area contributed by atoms with E-state index in [2.05, 4.69) is 81.2 Å². The Labute approximate surface area is 158 Å². The third kappa shape index (κ3) is 5.19. The largest absolute Gasteiger partial charge is 0.492 e. The van der Waals surface area contributed by atoms with Crippen LogP contribution in [0.25, 0.3) is 0 Å². The van der Waals surface area contributed by atoms with E-state index in [1.54, 1.807) is 0 Å². The fraction of sp³-hybridized carbons (Fsp3) is 0.450. The molecule has 0 spiro atoms. The van der Waals surface area contributed by atoms with Crippen molar-refractivity contribution >= 4 is 21.7 Å². The van der Waals surface area contributed by atoms with E-state index in [4.69, 9.17) is 4.74 Å². The Balaban J connectivity index is 1.51. The van der Waals surface area contributed by atoms with Crippen LogP contribution < -0.4 is 9.64 Å². The number of likely N-dealkylation sites (N-methyl/N-ethyl adjacent to an activating group) is 1. The van der Waals surface area contributed by atoms with Crippen molar-refractivity contribution in [1.82, 2.24) is 9.88 Å². The molecule has 1 fully saturated rings. The molecule has 0 aliphatic carbocycles. The number of piperidine rings is 1. The van der Waals surface area contributed by atoms with Crippen molar-refractivity contribution in [2.45, 2.75) is 18.8 Å². The highest BCUT2D eigenvalue weighted by atomic mass is 79.9. The molecule has 0 N–H and O–H groups in total. The number of hydrogen-bond acceptors (Lipinski definition) is 4. The van der Waals surface area contributed by atoms with Gasteiger partial charge in [0.15, 0.2) is 0 Å². The highest BCUT2D eigenvalue weighted by molar-refractivity contribution is 9.10. The van der Waals surface area contributed by atoms with Crippen molar-refractivity contribution in [2.24, 2.45) is 0 Å². The van der Waals surface area contributed by atoms with Crippen molar-refractivity contribution in [3.63, 3.8) is 0 Å². The van der Waals surface area contributed by atoms with E-state index in [1.807, 2.05) is 6.20 Å². The molecule has 2 heterocycles. The second-order valence-electron chi connectivity index (χ2n) is 6.82. The summed E-state index contributed by atoms with van der Waals surface area (Å²) in [6.45, 7) is 3.77. The van der Waals surface area contributed by atoms with Gasteiger partial charge in [-0.3, -0.25) is 0 Å². The first-order valence-corrected chi connectivity index (χ1v) is 9.65. The summed E-state index contributed by atoms with van der Waals surface area (Å²) < 4.78 is 6.81. The molecule has 0 bridgehead atoms. The molecule has 1 aromatic carbocycles. The molecule has 0 radical (unpaired) electrons. The predicted molar refractivity (Wildman–Crippen MR) is 107 cm³/mol. The highest BCUT2D eigenvalue weighted by Crippen LogP contribution is 2.31. The molecule has 1 aliphatic heterocycles. The van der Waals surface area contributed by atoms with Gasteiger partial charge in [0.2, 0.25) is 0 Å². The number of nitrogens with zero attached hydrogens (tertiary/aromatic N) is 3. The first kappa shape index (κ1) is 18.2. The lowest BCUT2D eigenvalue weighted by molar-refractivity contribution is 0.261. The van der Waals surface area contributed by atoms with Gasteiger partial charge in [0.25, 0.3) is 0 Å². The number of halogens is 1. The van der Waals surface area contributed by atoms with Gasteiger partial charge in [-0.15, -0.1) is 0 Å². The van der Waals surface area contributed by atoms with Crippen LogP contribution in [0.5, 0.6) is 5.75 Å². The van der Waals surface area contributed by atoms with Gasteiger partial charge in [0.05, 0.1) is 0 Å². The van der Waals surface area contributed by atoms with Crippen molar-refractivity contribution in [1.29, 1.82) is 0 Å². The van der Waals surface area contributed by atoms with Gasteiger partial charge in [0, 0.05) is 30.3 Å². The van der Waals surface area contributed by atoms with Gasteiger partial charge in [0.1, 0.15) is 18.2 Å². The van der Waals surface area contributed by atoms with Crippen LogP contribution in [0.4, 0.5) is 5.82 Å². The molecule has 1 aromatic heterocycles. The summed E-state index contributed by atoms with van der Waals surface area (Å²) in [5.41, 5.74) is 1.42. The molecule has 3 rings (SSSR count). The third-order valence-corrected chi connectivity index (χ3v) is 5.16. The molecule has 0 atom stereocenters. The number of aromatic nitrogens is 1. The normalized spacial score (nSPS) is 15.6. The zero-order valence-corrected chi connectivity index (χ0v) is 16.6. The van der Waals surface area contributed by atoms with Crippen molar-refractivity contribution < 1.29 is 4.74 Å². The van der Waals surface area contributed by atoms with E-state index in [-0.39, 0.29) is 0 Å². The van der Waals surface area contributed by atoms with Crippen LogP contribution >= 0.6 is 15.9 Å². The Morgan fingerprint density at radius 1 is 1.12 bits per heavy atom. The van der Waals surface area contributed by atoms with E-state index in [0.29, 0.717) is 5.92 Å². The van der Waals surface area contributed by atoms with Gasteiger partial charge in [-0.25, -0.2) is 4.98 Å². The lowest BCUT2D eigenvalue weighted by Gasteiger charge is -2.33. The van der Waals surface area contributed by atoms with Crippen LogP contribution in [-0.4, -0.2) is 50.2 Å². The van der Waals surface area contributed by atoms with Crippen LogP contribution in [0.15, 0.2) is 47.1 Å². The second-order valence-corrected chi connectivity index (χ2v) is 7.73. The summed E-state index contributed by atoms with van der Waals surface area (Å²) in [7, 11) is 4.12. The smallest absolute Gasteiger partial charge is 0.128 e. The van der Waals surface area contributed by atoms with Crippen molar-refractivity contribution in [3.05, 3.63) is 52.6 Å². The first-order chi connectivity index (χ1) is 12.1. The lowest BCUT2D eigenvalue weighted by atomic mass is 9.89. The second kappa shape index (κ2) is 8.68. The van der Waals surface area contributed by atoms with Crippen LogP contribution in [0.2, 0.25) is 0 Å². The van der Waals surface area contributed by atoms with Gasteiger partial charge < -0.3 is 14.5 Å². The molecule has 25 heavy (non-hydrogen) atoms. The molecular formula is C20H26BrN3O. The van der Waals surface area contributed by atoms with E-state index in [0.717, 1.165) is 42.3 Å². The Hall–Kier alpha value is -1.59. The Morgan fingerprint density at radius 3 is 2.44 bits per heavy atom. The van der Waals surface area contributed by atoms with E-state index in [9.17, 15) is 0 Å². The standard InChI is InChI=1S/C20H26BrN3O/c1-23(2)13-14-25-19-6-3-16(4-7-19)17-9-11-24(12-10-17)20-8-5-18(21)15-22-20/h3-8,15,17H,9-14H2,1-2H3. The fourth-order valence-electron chi connectivity index (χ4n) is 3.18. The molecule has 1 aliphatic rings. The van der Waals surface area contributed by atoms with Crippen LogP contribution in [0.3, 0.4) is 0 Å². The molecule has 134 valence electrons. The number of benzene rings is 1. The van der Waals surface area contributed by atoms with E-state index < -0.39 is 0 Å². The zero-order valence-electron chi connectivity index (χ0n) is 15.0. The minimum atomic E-state index is 0.627. The van der Waals surface area contributed by atoms with Crippen LogP contribution in [0, 0.1) is 0 Å². The summed E-state index contributed by atoms with van der Waals surface area (Å²) >= 11 is 3.44.